The topological polar surface area (TPSA) is 68.7 Å². The largest absolute Gasteiger partial charge is 0.372 e. The van der Waals surface area contributed by atoms with Crippen LogP contribution >= 0.6 is 11.5 Å². The van der Waals surface area contributed by atoms with Crippen LogP contribution in [0, 0.1) is 17.2 Å². The minimum atomic E-state index is -0.289. The Hall–Kier alpha value is -1.28. The maximum atomic E-state index is 11.1. The second-order valence-electron chi connectivity index (χ2n) is 3.62. The van der Waals surface area contributed by atoms with Crippen molar-refractivity contribution in [3.63, 3.8) is 0 Å². The first-order chi connectivity index (χ1) is 6.72. The van der Waals surface area contributed by atoms with E-state index in [9.17, 15) is 4.79 Å². The molecule has 14 heavy (non-hydrogen) atoms. The Morgan fingerprint density at radius 1 is 1.71 bits per heavy atom. The van der Waals surface area contributed by atoms with Gasteiger partial charge in [0.15, 0.2) is 5.56 Å². The smallest absolute Gasteiger partial charge is 0.278 e. The molecule has 1 aliphatic carbocycles. The highest BCUT2D eigenvalue weighted by atomic mass is 32.1. The first-order valence-corrected chi connectivity index (χ1v) is 5.42. The minimum Gasteiger partial charge on any atom is -0.372 e. The highest BCUT2D eigenvalue weighted by Gasteiger charge is 2.28. The SMILES string of the molecule is CC(Nc1s[nH]c(=O)c1C#N)C1CC1. The van der Waals surface area contributed by atoms with Crippen molar-refractivity contribution in [2.75, 3.05) is 5.32 Å². The number of nitrogens with zero attached hydrogens (tertiary/aromatic N) is 1. The molecule has 1 heterocycles. The predicted molar refractivity (Wildman–Crippen MR) is 55.5 cm³/mol. The Balaban J connectivity index is 2.16. The fourth-order valence-corrected chi connectivity index (χ4v) is 2.21. The lowest BCUT2D eigenvalue weighted by atomic mass is 10.2. The van der Waals surface area contributed by atoms with Crippen LogP contribution in [0.5, 0.6) is 0 Å². The molecule has 1 unspecified atom stereocenters. The highest BCUT2D eigenvalue weighted by molar-refractivity contribution is 7.10. The standard InChI is InChI=1S/C9H11N3OS/c1-5(6-2-3-6)11-9-7(4-10)8(13)12-14-9/h5-6,11H,2-3H2,1H3,(H,12,13). The third kappa shape index (κ3) is 1.66. The number of hydrogen-bond donors (Lipinski definition) is 2. The maximum Gasteiger partial charge on any atom is 0.278 e. The molecule has 0 saturated heterocycles. The number of hydrogen-bond acceptors (Lipinski definition) is 4. The van der Waals surface area contributed by atoms with Crippen molar-refractivity contribution in [3.05, 3.63) is 15.9 Å². The molecule has 0 radical (unpaired) electrons. The summed E-state index contributed by atoms with van der Waals surface area (Å²) in [6, 6.07) is 2.27. The lowest BCUT2D eigenvalue weighted by molar-refractivity contribution is 0.696. The molecule has 0 amide bonds. The van der Waals surface area contributed by atoms with E-state index in [1.807, 2.05) is 6.07 Å². The third-order valence-electron chi connectivity index (χ3n) is 2.50. The fraction of sp³-hybridized carbons (Fsp3) is 0.556. The minimum absolute atomic E-state index is 0.211. The second kappa shape index (κ2) is 3.46. The summed E-state index contributed by atoms with van der Waals surface area (Å²) in [4.78, 5) is 11.1. The Morgan fingerprint density at radius 3 is 3.00 bits per heavy atom. The predicted octanol–water partition coefficient (Wildman–Crippen LogP) is 1.52. The Labute approximate surface area is 85.7 Å². The molecular weight excluding hydrogens is 198 g/mol. The lowest BCUT2D eigenvalue weighted by Crippen LogP contribution is -2.17. The van der Waals surface area contributed by atoms with Crippen LogP contribution in [0.25, 0.3) is 0 Å². The number of anilines is 1. The third-order valence-corrected chi connectivity index (χ3v) is 3.31. The number of aromatic amines is 1. The van der Waals surface area contributed by atoms with Gasteiger partial charge in [-0.05, 0) is 37.2 Å². The van der Waals surface area contributed by atoms with E-state index in [4.69, 9.17) is 5.26 Å². The average molecular weight is 209 g/mol. The average Bonchev–Trinajstić information content (AvgIpc) is 2.93. The van der Waals surface area contributed by atoms with E-state index in [0.717, 1.165) is 0 Å². The van der Waals surface area contributed by atoms with Gasteiger partial charge in [0.25, 0.3) is 5.56 Å². The molecule has 2 rings (SSSR count). The van der Waals surface area contributed by atoms with Crippen molar-refractivity contribution < 1.29 is 0 Å². The molecule has 1 fully saturated rings. The van der Waals surface area contributed by atoms with Crippen LogP contribution < -0.4 is 10.9 Å². The van der Waals surface area contributed by atoms with Gasteiger partial charge < -0.3 is 5.32 Å². The van der Waals surface area contributed by atoms with Crippen LogP contribution in [0.3, 0.4) is 0 Å². The van der Waals surface area contributed by atoms with Crippen molar-refractivity contribution in [2.45, 2.75) is 25.8 Å². The van der Waals surface area contributed by atoms with E-state index in [0.29, 0.717) is 17.0 Å². The first-order valence-electron chi connectivity index (χ1n) is 4.60. The van der Waals surface area contributed by atoms with Crippen molar-refractivity contribution in [2.24, 2.45) is 5.92 Å². The molecule has 2 N–H and O–H groups in total. The summed E-state index contributed by atoms with van der Waals surface area (Å²) in [6.45, 7) is 2.09. The molecule has 1 atom stereocenters. The molecule has 0 spiro atoms. The van der Waals surface area contributed by atoms with E-state index in [1.165, 1.54) is 24.4 Å². The van der Waals surface area contributed by atoms with Gasteiger partial charge in [0, 0.05) is 6.04 Å². The molecule has 1 aliphatic rings. The number of nitriles is 1. The van der Waals surface area contributed by atoms with Crippen molar-refractivity contribution >= 4 is 16.5 Å². The highest BCUT2D eigenvalue weighted by Crippen LogP contribution is 2.34. The van der Waals surface area contributed by atoms with E-state index in [-0.39, 0.29) is 11.1 Å². The number of rotatable bonds is 3. The van der Waals surface area contributed by atoms with E-state index >= 15 is 0 Å². The van der Waals surface area contributed by atoms with Crippen molar-refractivity contribution in [1.82, 2.24) is 4.37 Å². The number of aromatic nitrogens is 1. The van der Waals surface area contributed by atoms with Crippen LogP contribution in [0.2, 0.25) is 0 Å². The van der Waals surface area contributed by atoms with Crippen LogP contribution in [-0.4, -0.2) is 10.4 Å². The summed E-state index contributed by atoms with van der Waals surface area (Å²) in [5.74, 6) is 0.707. The van der Waals surface area contributed by atoms with E-state index in [1.54, 1.807) is 0 Å². The molecule has 0 bridgehead atoms. The van der Waals surface area contributed by atoms with Gasteiger partial charge >= 0.3 is 0 Å². The van der Waals surface area contributed by atoms with Gasteiger partial charge in [-0.1, -0.05) is 0 Å². The molecular formula is C9H11N3OS. The van der Waals surface area contributed by atoms with Gasteiger partial charge in [0.2, 0.25) is 0 Å². The fourth-order valence-electron chi connectivity index (χ4n) is 1.43. The van der Waals surface area contributed by atoms with Crippen LogP contribution in [0.1, 0.15) is 25.3 Å². The summed E-state index contributed by atoms with van der Waals surface area (Å²) in [5, 5.41) is 12.6. The first kappa shape index (κ1) is 9.28. The van der Waals surface area contributed by atoms with Crippen LogP contribution in [0.4, 0.5) is 5.00 Å². The molecule has 0 aromatic carbocycles. The monoisotopic (exact) mass is 209 g/mol. The summed E-state index contributed by atoms with van der Waals surface area (Å²) in [5.41, 5.74) is -0.0782. The van der Waals surface area contributed by atoms with E-state index < -0.39 is 0 Å². The molecule has 1 aromatic rings. The molecule has 1 saturated carbocycles. The van der Waals surface area contributed by atoms with Gasteiger partial charge in [0.1, 0.15) is 11.1 Å². The Morgan fingerprint density at radius 2 is 2.43 bits per heavy atom. The molecule has 4 nitrogen and oxygen atoms in total. The summed E-state index contributed by atoms with van der Waals surface area (Å²) >= 11 is 1.20. The van der Waals surface area contributed by atoms with Gasteiger partial charge in [-0.15, -0.1) is 0 Å². The second-order valence-corrected chi connectivity index (χ2v) is 4.44. The zero-order chi connectivity index (χ0) is 10.1. The maximum absolute atomic E-state index is 11.1. The molecule has 1 aromatic heterocycles. The van der Waals surface area contributed by atoms with Crippen molar-refractivity contribution in [3.8, 4) is 6.07 Å². The summed E-state index contributed by atoms with van der Waals surface area (Å²) in [7, 11) is 0. The van der Waals surface area contributed by atoms with Gasteiger partial charge in [-0.3, -0.25) is 9.17 Å². The van der Waals surface area contributed by atoms with Crippen LogP contribution in [0.15, 0.2) is 4.79 Å². The molecule has 74 valence electrons. The quantitative estimate of drug-likeness (QED) is 0.793. The normalized spacial score (nSPS) is 17.4. The van der Waals surface area contributed by atoms with Gasteiger partial charge in [-0.25, -0.2) is 0 Å². The molecule has 5 heteroatoms. The Bertz CT molecular complexity index is 424. The van der Waals surface area contributed by atoms with Crippen molar-refractivity contribution in [1.29, 1.82) is 5.26 Å². The summed E-state index contributed by atoms with van der Waals surface area (Å²) < 4.78 is 2.55. The van der Waals surface area contributed by atoms with Gasteiger partial charge in [0.05, 0.1) is 0 Å². The number of H-pyrrole nitrogens is 1. The number of nitrogens with one attached hydrogen (secondary N) is 2. The molecule has 0 aliphatic heterocycles. The van der Waals surface area contributed by atoms with Gasteiger partial charge in [-0.2, -0.15) is 5.26 Å². The Kier molecular flexibility index (Phi) is 2.30. The van der Waals surface area contributed by atoms with E-state index in [2.05, 4.69) is 16.6 Å². The zero-order valence-corrected chi connectivity index (χ0v) is 8.65. The lowest BCUT2D eigenvalue weighted by Gasteiger charge is -2.11. The summed E-state index contributed by atoms with van der Waals surface area (Å²) in [6.07, 6.45) is 2.49. The zero-order valence-electron chi connectivity index (χ0n) is 7.83. The van der Waals surface area contributed by atoms with Crippen LogP contribution in [-0.2, 0) is 0 Å².